The summed E-state index contributed by atoms with van der Waals surface area (Å²) >= 11 is 11.5. The lowest BCUT2D eigenvalue weighted by molar-refractivity contribution is 0.0950. The molecular weight excluding hydrogens is 275 g/mol. The van der Waals surface area contributed by atoms with Crippen LogP contribution in [0.5, 0.6) is 0 Å². The minimum atomic E-state index is -0.259. The van der Waals surface area contributed by atoms with Crippen molar-refractivity contribution in [2.45, 2.75) is 6.54 Å². The van der Waals surface area contributed by atoms with Crippen molar-refractivity contribution in [3.8, 4) is 0 Å². The van der Waals surface area contributed by atoms with Crippen molar-refractivity contribution in [3.63, 3.8) is 0 Å². The van der Waals surface area contributed by atoms with Crippen LogP contribution in [0.3, 0.4) is 0 Å². The van der Waals surface area contributed by atoms with E-state index in [-0.39, 0.29) is 16.1 Å². The van der Waals surface area contributed by atoms with Crippen LogP contribution in [-0.2, 0) is 13.6 Å². The summed E-state index contributed by atoms with van der Waals surface area (Å²) in [5.41, 5.74) is 1.28. The van der Waals surface area contributed by atoms with Crippen molar-refractivity contribution in [2.24, 2.45) is 7.05 Å². The van der Waals surface area contributed by atoms with Gasteiger partial charge in [-0.3, -0.25) is 9.48 Å². The molecule has 0 radical (unpaired) electrons. The molecule has 1 amide bonds. The van der Waals surface area contributed by atoms with Crippen LogP contribution >= 0.6 is 23.2 Å². The molecule has 2 rings (SSSR count). The fourth-order valence-corrected chi connectivity index (χ4v) is 1.66. The molecule has 0 aliphatic rings. The summed E-state index contributed by atoms with van der Waals surface area (Å²) in [6.45, 7) is 0.396. The molecule has 0 atom stereocenters. The number of aryl methyl sites for hydroxylation is 1. The van der Waals surface area contributed by atoms with E-state index in [0.29, 0.717) is 12.1 Å². The number of halogens is 2. The van der Waals surface area contributed by atoms with E-state index in [1.54, 1.807) is 10.9 Å². The molecular formula is C11H10Cl2N4O. The summed E-state index contributed by atoms with van der Waals surface area (Å²) in [5.74, 6) is -0.259. The number of amides is 1. The number of nitrogens with zero attached hydrogens (tertiary/aromatic N) is 3. The maximum absolute atomic E-state index is 11.8. The molecule has 18 heavy (non-hydrogen) atoms. The van der Waals surface area contributed by atoms with Crippen LogP contribution in [0.25, 0.3) is 0 Å². The molecule has 0 aliphatic heterocycles. The Kier molecular flexibility index (Phi) is 3.84. The van der Waals surface area contributed by atoms with Gasteiger partial charge in [0.1, 0.15) is 5.15 Å². The normalized spacial score (nSPS) is 10.4. The first-order chi connectivity index (χ1) is 8.56. The fraction of sp³-hybridized carbons (Fsp3) is 0.182. The van der Waals surface area contributed by atoms with Gasteiger partial charge in [-0.25, -0.2) is 4.98 Å². The Hall–Kier alpha value is -1.59. The molecule has 0 fully saturated rings. The number of hydrogen-bond donors (Lipinski definition) is 1. The largest absolute Gasteiger partial charge is 0.348 e. The maximum Gasteiger partial charge on any atom is 0.253 e. The van der Waals surface area contributed by atoms with Crippen molar-refractivity contribution in [3.05, 3.63) is 46.0 Å². The van der Waals surface area contributed by atoms with Crippen LogP contribution < -0.4 is 5.32 Å². The predicted molar refractivity (Wildman–Crippen MR) is 68.6 cm³/mol. The summed E-state index contributed by atoms with van der Waals surface area (Å²) in [5, 5.41) is 7.19. The maximum atomic E-state index is 11.8. The Balaban J connectivity index is 2.01. The van der Waals surface area contributed by atoms with Crippen LogP contribution in [0.2, 0.25) is 10.2 Å². The quantitative estimate of drug-likeness (QED) is 0.878. The molecule has 0 aliphatic carbocycles. The zero-order valence-corrected chi connectivity index (χ0v) is 11.0. The molecule has 0 aromatic carbocycles. The topological polar surface area (TPSA) is 59.8 Å². The molecule has 0 saturated carbocycles. The highest BCUT2D eigenvalue weighted by atomic mass is 35.5. The van der Waals surface area contributed by atoms with Gasteiger partial charge in [0.2, 0.25) is 0 Å². The number of nitrogens with one attached hydrogen (secondary N) is 1. The molecule has 0 bridgehead atoms. The summed E-state index contributed by atoms with van der Waals surface area (Å²) in [7, 11) is 1.81. The first-order valence-electron chi connectivity index (χ1n) is 5.13. The Bertz CT molecular complexity index is 582. The molecule has 2 heterocycles. The Morgan fingerprint density at radius 2 is 2.22 bits per heavy atom. The van der Waals surface area contributed by atoms with Crippen molar-refractivity contribution in [2.75, 3.05) is 0 Å². The minimum Gasteiger partial charge on any atom is -0.348 e. The molecule has 2 aromatic rings. The zero-order chi connectivity index (χ0) is 13.1. The van der Waals surface area contributed by atoms with Gasteiger partial charge < -0.3 is 5.32 Å². The number of rotatable bonds is 3. The van der Waals surface area contributed by atoms with Gasteiger partial charge in [0.05, 0.1) is 16.8 Å². The second kappa shape index (κ2) is 5.37. The van der Waals surface area contributed by atoms with Crippen LogP contribution in [-0.4, -0.2) is 20.7 Å². The number of pyridine rings is 1. The van der Waals surface area contributed by atoms with Gasteiger partial charge in [-0.1, -0.05) is 23.2 Å². The van der Waals surface area contributed by atoms with E-state index < -0.39 is 0 Å². The fourth-order valence-electron chi connectivity index (χ4n) is 1.39. The lowest BCUT2D eigenvalue weighted by Gasteiger charge is -2.04. The summed E-state index contributed by atoms with van der Waals surface area (Å²) in [6.07, 6.45) is 4.90. The lowest BCUT2D eigenvalue weighted by Crippen LogP contribution is -2.22. The second-order valence-electron chi connectivity index (χ2n) is 3.70. The van der Waals surface area contributed by atoms with Gasteiger partial charge >= 0.3 is 0 Å². The number of hydrogen-bond acceptors (Lipinski definition) is 3. The average molecular weight is 285 g/mol. The third-order valence-electron chi connectivity index (χ3n) is 2.27. The molecule has 0 unspecified atom stereocenters. The monoisotopic (exact) mass is 284 g/mol. The predicted octanol–water partition coefficient (Wildman–Crippen LogP) is 2.05. The highest BCUT2D eigenvalue weighted by molar-refractivity contribution is 6.41. The first-order valence-corrected chi connectivity index (χ1v) is 5.88. The van der Waals surface area contributed by atoms with Crippen molar-refractivity contribution < 1.29 is 4.79 Å². The zero-order valence-electron chi connectivity index (χ0n) is 9.52. The second-order valence-corrected chi connectivity index (χ2v) is 4.47. The van der Waals surface area contributed by atoms with Crippen LogP contribution in [0, 0.1) is 0 Å². The molecule has 1 N–H and O–H groups in total. The van der Waals surface area contributed by atoms with Crippen LogP contribution in [0.15, 0.2) is 24.7 Å². The van der Waals surface area contributed by atoms with Gasteiger partial charge in [0.15, 0.2) is 0 Å². The molecule has 7 heteroatoms. The Morgan fingerprint density at radius 1 is 1.44 bits per heavy atom. The van der Waals surface area contributed by atoms with Gasteiger partial charge in [-0.05, 0) is 6.07 Å². The highest BCUT2D eigenvalue weighted by Gasteiger charge is 2.09. The van der Waals surface area contributed by atoms with E-state index in [1.165, 1.54) is 12.3 Å². The van der Waals surface area contributed by atoms with Crippen molar-refractivity contribution >= 4 is 29.1 Å². The van der Waals surface area contributed by atoms with Crippen LogP contribution in [0.1, 0.15) is 15.9 Å². The first kappa shape index (κ1) is 12.9. The minimum absolute atomic E-state index is 0.181. The molecule has 94 valence electrons. The van der Waals surface area contributed by atoms with E-state index in [1.807, 2.05) is 13.2 Å². The van der Waals surface area contributed by atoms with E-state index in [2.05, 4.69) is 15.4 Å². The SMILES string of the molecule is Cn1cc(CNC(=O)c2cnc(Cl)c(Cl)c2)cn1. The van der Waals surface area contributed by atoms with Gasteiger partial charge in [-0.15, -0.1) is 0 Å². The van der Waals surface area contributed by atoms with Crippen molar-refractivity contribution in [1.29, 1.82) is 0 Å². The Labute approximate surface area is 114 Å². The summed E-state index contributed by atoms with van der Waals surface area (Å²) in [6, 6.07) is 1.48. The molecule has 2 aromatic heterocycles. The van der Waals surface area contributed by atoms with E-state index in [9.17, 15) is 4.79 Å². The standard InChI is InChI=1S/C11H10Cl2N4O/c1-17-6-7(4-16-17)3-15-11(18)8-2-9(12)10(13)14-5-8/h2,4-6H,3H2,1H3,(H,15,18). The summed E-state index contributed by atoms with van der Waals surface area (Å²) in [4.78, 5) is 15.6. The molecule has 0 spiro atoms. The average Bonchev–Trinajstić information content (AvgIpc) is 2.75. The van der Waals surface area contributed by atoms with E-state index in [4.69, 9.17) is 23.2 Å². The Morgan fingerprint density at radius 3 is 2.83 bits per heavy atom. The van der Waals surface area contributed by atoms with Gasteiger partial charge in [0.25, 0.3) is 5.91 Å². The number of carbonyl (C=O) groups excluding carboxylic acids is 1. The highest BCUT2D eigenvalue weighted by Crippen LogP contribution is 2.19. The van der Waals surface area contributed by atoms with Crippen molar-refractivity contribution in [1.82, 2.24) is 20.1 Å². The number of carbonyl (C=O) groups is 1. The van der Waals surface area contributed by atoms with E-state index >= 15 is 0 Å². The summed E-state index contributed by atoms with van der Waals surface area (Å²) < 4.78 is 1.67. The molecule has 5 nitrogen and oxygen atoms in total. The third-order valence-corrected chi connectivity index (χ3v) is 2.96. The van der Waals surface area contributed by atoms with Gasteiger partial charge in [-0.2, -0.15) is 5.10 Å². The van der Waals surface area contributed by atoms with Gasteiger partial charge in [0, 0.05) is 31.5 Å². The lowest BCUT2D eigenvalue weighted by atomic mass is 10.2. The number of aromatic nitrogens is 3. The van der Waals surface area contributed by atoms with E-state index in [0.717, 1.165) is 5.56 Å². The molecule has 0 saturated heterocycles. The smallest absolute Gasteiger partial charge is 0.253 e. The third kappa shape index (κ3) is 3.00. The van der Waals surface area contributed by atoms with Crippen LogP contribution in [0.4, 0.5) is 0 Å².